The SMILES string of the molecule is CCOC(=O)C1(N)C(c2ccc(OC)cc2)C1S(=O)(=O)c1ccc(C)cc1. The minimum absolute atomic E-state index is 0.129. The molecule has 2 N–H and O–H groups in total. The quantitative estimate of drug-likeness (QED) is 0.761. The lowest BCUT2D eigenvalue weighted by Gasteiger charge is -2.11. The number of hydrogen-bond donors (Lipinski definition) is 1. The van der Waals surface area contributed by atoms with E-state index in [1.165, 1.54) is 0 Å². The minimum Gasteiger partial charge on any atom is -0.497 e. The number of carbonyl (C=O) groups excluding carboxylic acids is 1. The number of esters is 1. The van der Waals surface area contributed by atoms with Crippen LogP contribution in [0.5, 0.6) is 5.75 Å². The van der Waals surface area contributed by atoms with Crippen LogP contribution in [-0.4, -0.2) is 38.9 Å². The second kappa shape index (κ2) is 6.98. The predicted octanol–water partition coefficient (Wildman–Crippen LogP) is 2.20. The highest BCUT2D eigenvalue weighted by atomic mass is 32.2. The summed E-state index contributed by atoms with van der Waals surface area (Å²) >= 11 is 0. The molecule has 0 aliphatic heterocycles. The van der Waals surface area contributed by atoms with Crippen LogP contribution in [0.4, 0.5) is 0 Å². The van der Waals surface area contributed by atoms with Crippen molar-refractivity contribution in [2.75, 3.05) is 13.7 Å². The van der Waals surface area contributed by atoms with E-state index < -0.39 is 32.5 Å². The topological polar surface area (TPSA) is 95.7 Å². The van der Waals surface area contributed by atoms with Gasteiger partial charge in [-0.25, -0.2) is 13.2 Å². The Balaban J connectivity index is 2.04. The maximum absolute atomic E-state index is 13.2. The molecule has 144 valence electrons. The molecule has 0 saturated heterocycles. The van der Waals surface area contributed by atoms with Crippen LogP contribution in [0.3, 0.4) is 0 Å². The molecular formula is C20H23NO5S. The molecule has 0 radical (unpaired) electrons. The number of nitrogens with two attached hydrogens (primary N) is 1. The van der Waals surface area contributed by atoms with Crippen LogP contribution >= 0.6 is 0 Å². The Hall–Kier alpha value is -2.38. The van der Waals surface area contributed by atoms with Crippen molar-refractivity contribution in [2.24, 2.45) is 5.73 Å². The molecule has 1 aliphatic rings. The van der Waals surface area contributed by atoms with Gasteiger partial charge in [-0.2, -0.15) is 0 Å². The third-order valence-electron chi connectivity index (χ3n) is 4.97. The molecule has 0 bridgehead atoms. The van der Waals surface area contributed by atoms with Crippen molar-refractivity contribution in [3.8, 4) is 5.75 Å². The number of aryl methyl sites for hydroxylation is 1. The third kappa shape index (κ3) is 3.21. The van der Waals surface area contributed by atoms with Gasteiger partial charge in [0.15, 0.2) is 9.84 Å². The zero-order chi connectivity index (χ0) is 19.8. The van der Waals surface area contributed by atoms with Crippen molar-refractivity contribution in [1.29, 1.82) is 0 Å². The average molecular weight is 389 g/mol. The van der Waals surface area contributed by atoms with Crippen LogP contribution < -0.4 is 10.5 Å². The van der Waals surface area contributed by atoms with Gasteiger partial charge in [0.05, 0.1) is 18.6 Å². The first-order chi connectivity index (χ1) is 12.8. The van der Waals surface area contributed by atoms with E-state index in [4.69, 9.17) is 15.2 Å². The Morgan fingerprint density at radius 3 is 2.22 bits per heavy atom. The number of sulfone groups is 1. The number of rotatable bonds is 6. The molecule has 7 heteroatoms. The second-order valence-electron chi connectivity index (χ2n) is 6.68. The highest BCUT2D eigenvalue weighted by molar-refractivity contribution is 7.92. The van der Waals surface area contributed by atoms with E-state index in [-0.39, 0.29) is 11.5 Å². The summed E-state index contributed by atoms with van der Waals surface area (Å²) in [5.74, 6) is -0.753. The van der Waals surface area contributed by atoms with Gasteiger partial charge in [-0.15, -0.1) is 0 Å². The third-order valence-corrected chi connectivity index (χ3v) is 7.23. The smallest absolute Gasteiger partial charge is 0.328 e. The van der Waals surface area contributed by atoms with Crippen LogP contribution in [0.25, 0.3) is 0 Å². The van der Waals surface area contributed by atoms with Gasteiger partial charge in [0, 0.05) is 5.92 Å². The molecule has 3 unspecified atom stereocenters. The minimum atomic E-state index is -3.82. The molecule has 0 spiro atoms. The van der Waals surface area contributed by atoms with Crippen molar-refractivity contribution in [3.05, 3.63) is 59.7 Å². The van der Waals surface area contributed by atoms with Crippen LogP contribution in [0.15, 0.2) is 53.4 Å². The van der Waals surface area contributed by atoms with Crippen molar-refractivity contribution < 1.29 is 22.7 Å². The van der Waals surface area contributed by atoms with E-state index in [0.29, 0.717) is 11.3 Å². The Bertz CT molecular complexity index is 937. The van der Waals surface area contributed by atoms with E-state index in [1.54, 1.807) is 62.6 Å². The Labute approximate surface area is 159 Å². The molecule has 1 aliphatic carbocycles. The first-order valence-corrected chi connectivity index (χ1v) is 10.2. The van der Waals surface area contributed by atoms with Crippen molar-refractivity contribution in [1.82, 2.24) is 0 Å². The normalized spacial score (nSPS) is 24.3. The maximum Gasteiger partial charge on any atom is 0.328 e. The van der Waals surface area contributed by atoms with Gasteiger partial charge in [-0.3, -0.25) is 0 Å². The van der Waals surface area contributed by atoms with Crippen LogP contribution in [0, 0.1) is 6.92 Å². The number of methoxy groups -OCH3 is 1. The first kappa shape index (κ1) is 19.4. The molecule has 0 aromatic heterocycles. The van der Waals surface area contributed by atoms with Gasteiger partial charge < -0.3 is 15.2 Å². The zero-order valence-corrected chi connectivity index (χ0v) is 16.3. The lowest BCUT2D eigenvalue weighted by atomic mass is 10.1. The molecular weight excluding hydrogens is 366 g/mol. The van der Waals surface area contributed by atoms with E-state index in [9.17, 15) is 13.2 Å². The summed E-state index contributed by atoms with van der Waals surface area (Å²) in [6, 6.07) is 13.4. The molecule has 6 nitrogen and oxygen atoms in total. The zero-order valence-electron chi connectivity index (χ0n) is 15.5. The largest absolute Gasteiger partial charge is 0.497 e. The molecule has 2 aromatic carbocycles. The van der Waals surface area contributed by atoms with Gasteiger partial charge in [0.2, 0.25) is 0 Å². The number of hydrogen-bond acceptors (Lipinski definition) is 6. The van der Waals surface area contributed by atoms with E-state index >= 15 is 0 Å². The summed E-state index contributed by atoms with van der Waals surface area (Å²) in [6.45, 7) is 3.67. The fraction of sp³-hybridized carbons (Fsp3) is 0.350. The summed E-state index contributed by atoms with van der Waals surface area (Å²) < 4.78 is 36.7. The lowest BCUT2D eigenvalue weighted by molar-refractivity contribution is -0.145. The van der Waals surface area contributed by atoms with Crippen molar-refractivity contribution >= 4 is 15.8 Å². The number of ether oxygens (including phenoxy) is 2. The van der Waals surface area contributed by atoms with Crippen molar-refractivity contribution in [2.45, 2.75) is 35.4 Å². The van der Waals surface area contributed by atoms with E-state index in [1.807, 2.05) is 6.92 Å². The molecule has 0 heterocycles. The highest BCUT2D eigenvalue weighted by Gasteiger charge is 2.74. The summed E-state index contributed by atoms with van der Waals surface area (Å²) in [6.07, 6.45) is 0. The first-order valence-electron chi connectivity index (χ1n) is 8.67. The molecule has 3 rings (SSSR count). The van der Waals surface area contributed by atoms with Gasteiger partial charge >= 0.3 is 5.97 Å². The van der Waals surface area contributed by atoms with Crippen LogP contribution in [0.1, 0.15) is 24.0 Å². The lowest BCUT2D eigenvalue weighted by Crippen LogP contribution is -2.41. The van der Waals surface area contributed by atoms with Gasteiger partial charge in [0.25, 0.3) is 0 Å². The standard InChI is InChI=1S/C20H23NO5S/c1-4-26-19(22)20(21)17(14-7-9-15(25-3)10-8-14)18(20)27(23,24)16-11-5-13(2)6-12-16/h5-12,17-18H,4,21H2,1-3H3. The Morgan fingerprint density at radius 1 is 1.11 bits per heavy atom. The summed E-state index contributed by atoms with van der Waals surface area (Å²) in [7, 11) is -2.28. The Morgan fingerprint density at radius 2 is 1.70 bits per heavy atom. The second-order valence-corrected chi connectivity index (χ2v) is 8.75. The predicted molar refractivity (Wildman–Crippen MR) is 101 cm³/mol. The monoisotopic (exact) mass is 389 g/mol. The van der Waals surface area contributed by atoms with Crippen LogP contribution in [-0.2, 0) is 19.4 Å². The maximum atomic E-state index is 13.2. The molecule has 2 aromatic rings. The fourth-order valence-electron chi connectivity index (χ4n) is 3.45. The summed E-state index contributed by atoms with van der Waals surface area (Å²) in [5.41, 5.74) is 6.32. The van der Waals surface area contributed by atoms with Gasteiger partial charge in [0.1, 0.15) is 16.5 Å². The highest BCUT2D eigenvalue weighted by Crippen LogP contribution is 2.56. The summed E-state index contributed by atoms with van der Waals surface area (Å²) in [4.78, 5) is 12.7. The molecule has 1 fully saturated rings. The fourth-order valence-corrected chi connectivity index (χ4v) is 5.67. The van der Waals surface area contributed by atoms with Crippen LogP contribution in [0.2, 0.25) is 0 Å². The summed E-state index contributed by atoms with van der Waals surface area (Å²) in [5, 5.41) is -1.08. The van der Waals surface area contributed by atoms with Gasteiger partial charge in [-0.05, 0) is 43.7 Å². The number of carbonyl (C=O) groups is 1. The van der Waals surface area contributed by atoms with E-state index in [2.05, 4.69) is 0 Å². The Kier molecular flexibility index (Phi) is 5.01. The van der Waals surface area contributed by atoms with Crippen molar-refractivity contribution in [3.63, 3.8) is 0 Å². The number of benzene rings is 2. The molecule has 1 saturated carbocycles. The average Bonchev–Trinajstić information content (AvgIpc) is 3.31. The molecule has 3 atom stereocenters. The molecule has 0 amide bonds. The molecule has 27 heavy (non-hydrogen) atoms. The van der Waals surface area contributed by atoms with E-state index in [0.717, 1.165) is 5.56 Å². The van der Waals surface area contributed by atoms with Gasteiger partial charge in [-0.1, -0.05) is 29.8 Å².